The Morgan fingerprint density at radius 1 is 1.07 bits per heavy atom. The minimum absolute atomic E-state index is 0.00280. The summed E-state index contributed by atoms with van der Waals surface area (Å²) in [6.45, 7) is 8.18. The Morgan fingerprint density at radius 2 is 1.79 bits per heavy atom. The van der Waals surface area contributed by atoms with Crippen molar-refractivity contribution in [2.45, 2.75) is 45.6 Å². The van der Waals surface area contributed by atoms with Crippen molar-refractivity contribution in [1.82, 2.24) is 9.47 Å². The van der Waals surface area contributed by atoms with E-state index in [0.29, 0.717) is 12.5 Å². The van der Waals surface area contributed by atoms with Crippen LogP contribution in [-0.2, 0) is 4.79 Å². The Morgan fingerprint density at radius 3 is 2.50 bits per heavy atom. The smallest absolute Gasteiger partial charge is 0.247 e. The van der Waals surface area contributed by atoms with Crippen LogP contribution in [0.3, 0.4) is 0 Å². The third-order valence-corrected chi connectivity index (χ3v) is 5.24. The molecule has 2 heterocycles. The van der Waals surface area contributed by atoms with Crippen molar-refractivity contribution in [2.75, 3.05) is 31.6 Å². The summed E-state index contributed by atoms with van der Waals surface area (Å²) in [5, 5.41) is 3.09. The fraction of sp³-hybridized carbons (Fsp3) is 0.522. The zero-order chi connectivity index (χ0) is 19.8. The van der Waals surface area contributed by atoms with Gasteiger partial charge in [0, 0.05) is 18.9 Å². The van der Waals surface area contributed by atoms with Crippen LogP contribution in [0, 0.1) is 5.92 Å². The van der Waals surface area contributed by atoms with Gasteiger partial charge in [-0.3, -0.25) is 9.69 Å². The van der Waals surface area contributed by atoms with E-state index in [1.54, 1.807) is 0 Å². The lowest BCUT2D eigenvalue weighted by Gasteiger charge is -2.26. The molecule has 0 bridgehead atoms. The summed E-state index contributed by atoms with van der Waals surface area (Å²) in [6.07, 6.45) is 8.59. The predicted octanol–water partition coefficient (Wildman–Crippen LogP) is 4.58. The van der Waals surface area contributed by atoms with Gasteiger partial charge in [-0.05, 0) is 62.5 Å². The number of benzene rings is 1. The number of para-hydroxylation sites is 2. The SMILES string of the molecule is CC(C)C[C@@H](C(=O)Nc1ccccc1OCCN1CCCCC1)n1cccc1. The van der Waals surface area contributed by atoms with Crippen LogP contribution in [0.25, 0.3) is 0 Å². The second-order valence-electron chi connectivity index (χ2n) is 8.01. The lowest BCUT2D eigenvalue weighted by atomic mass is 10.0. The van der Waals surface area contributed by atoms with Crippen molar-refractivity contribution in [3.8, 4) is 5.75 Å². The molecule has 1 saturated heterocycles. The summed E-state index contributed by atoms with van der Waals surface area (Å²) in [6, 6.07) is 11.4. The normalized spacial score (nSPS) is 16.1. The molecule has 1 fully saturated rings. The number of hydrogen-bond donors (Lipinski definition) is 1. The summed E-state index contributed by atoms with van der Waals surface area (Å²) >= 11 is 0. The number of carbonyl (C=O) groups excluding carboxylic acids is 1. The number of ether oxygens (including phenoxy) is 1. The highest BCUT2D eigenvalue weighted by molar-refractivity contribution is 5.95. The minimum Gasteiger partial charge on any atom is -0.490 e. The molecule has 1 aliphatic heterocycles. The van der Waals surface area contributed by atoms with E-state index in [1.165, 1.54) is 19.3 Å². The molecule has 0 saturated carbocycles. The zero-order valence-corrected chi connectivity index (χ0v) is 17.1. The number of hydrogen-bond acceptors (Lipinski definition) is 3. The maximum absolute atomic E-state index is 13.0. The molecule has 0 spiro atoms. The van der Waals surface area contributed by atoms with Crippen molar-refractivity contribution < 1.29 is 9.53 Å². The van der Waals surface area contributed by atoms with Gasteiger partial charge in [0.25, 0.3) is 0 Å². The molecule has 152 valence electrons. The molecule has 1 N–H and O–H groups in total. The van der Waals surface area contributed by atoms with E-state index in [2.05, 4.69) is 24.1 Å². The molecule has 0 aliphatic carbocycles. The van der Waals surface area contributed by atoms with E-state index >= 15 is 0 Å². The van der Waals surface area contributed by atoms with Crippen LogP contribution in [-0.4, -0.2) is 41.6 Å². The van der Waals surface area contributed by atoms with Gasteiger partial charge in [0.15, 0.2) is 0 Å². The van der Waals surface area contributed by atoms with Gasteiger partial charge >= 0.3 is 0 Å². The van der Waals surface area contributed by atoms with Crippen LogP contribution in [0.5, 0.6) is 5.75 Å². The van der Waals surface area contributed by atoms with Crippen molar-refractivity contribution in [1.29, 1.82) is 0 Å². The highest BCUT2D eigenvalue weighted by Gasteiger charge is 2.22. The number of aromatic nitrogens is 1. The molecule has 5 heteroatoms. The van der Waals surface area contributed by atoms with E-state index in [9.17, 15) is 4.79 Å². The summed E-state index contributed by atoms with van der Waals surface area (Å²) in [5.74, 6) is 1.16. The predicted molar refractivity (Wildman–Crippen MR) is 114 cm³/mol. The first kappa shape index (κ1) is 20.5. The number of carbonyl (C=O) groups is 1. The van der Waals surface area contributed by atoms with Crippen LogP contribution in [0.1, 0.15) is 45.6 Å². The molecular formula is C23H33N3O2. The van der Waals surface area contributed by atoms with Crippen LogP contribution < -0.4 is 10.1 Å². The number of nitrogens with one attached hydrogen (secondary N) is 1. The Kier molecular flexibility index (Phi) is 7.54. The summed E-state index contributed by atoms with van der Waals surface area (Å²) < 4.78 is 8.01. The topological polar surface area (TPSA) is 46.5 Å². The highest BCUT2D eigenvalue weighted by atomic mass is 16.5. The first-order valence-corrected chi connectivity index (χ1v) is 10.5. The number of amides is 1. The van der Waals surface area contributed by atoms with E-state index in [0.717, 1.165) is 37.5 Å². The maximum Gasteiger partial charge on any atom is 0.247 e. The average molecular weight is 384 g/mol. The van der Waals surface area contributed by atoms with Crippen LogP contribution in [0.15, 0.2) is 48.8 Å². The minimum atomic E-state index is -0.226. The van der Waals surface area contributed by atoms with E-state index in [1.807, 2.05) is 53.4 Å². The molecule has 28 heavy (non-hydrogen) atoms. The lowest BCUT2D eigenvalue weighted by Crippen LogP contribution is -2.33. The summed E-state index contributed by atoms with van der Waals surface area (Å²) in [5.41, 5.74) is 0.743. The molecule has 1 aromatic heterocycles. The third-order valence-electron chi connectivity index (χ3n) is 5.24. The van der Waals surface area contributed by atoms with Crippen LogP contribution in [0.2, 0.25) is 0 Å². The molecule has 1 aromatic carbocycles. The molecule has 5 nitrogen and oxygen atoms in total. The quantitative estimate of drug-likeness (QED) is 0.689. The summed E-state index contributed by atoms with van der Waals surface area (Å²) in [7, 11) is 0. The van der Waals surface area contributed by atoms with Gasteiger partial charge in [-0.2, -0.15) is 0 Å². The first-order valence-electron chi connectivity index (χ1n) is 10.5. The molecule has 1 aliphatic rings. The van der Waals surface area contributed by atoms with E-state index in [-0.39, 0.29) is 11.9 Å². The molecular weight excluding hydrogens is 350 g/mol. The van der Waals surface area contributed by atoms with Crippen molar-refractivity contribution in [2.24, 2.45) is 5.92 Å². The molecule has 2 aromatic rings. The second-order valence-corrected chi connectivity index (χ2v) is 8.01. The Labute approximate surface area is 168 Å². The van der Waals surface area contributed by atoms with Gasteiger partial charge in [0.05, 0.1) is 5.69 Å². The third kappa shape index (κ3) is 5.86. The Balaban J connectivity index is 1.61. The zero-order valence-electron chi connectivity index (χ0n) is 17.1. The Hall–Kier alpha value is -2.27. The largest absolute Gasteiger partial charge is 0.490 e. The fourth-order valence-electron chi connectivity index (χ4n) is 3.75. The monoisotopic (exact) mass is 383 g/mol. The van der Waals surface area contributed by atoms with Gasteiger partial charge < -0.3 is 14.6 Å². The maximum atomic E-state index is 13.0. The van der Waals surface area contributed by atoms with E-state index in [4.69, 9.17) is 4.74 Å². The van der Waals surface area contributed by atoms with Gasteiger partial charge in [-0.15, -0.1) is 0 Å². The first-order chi connectivity index (χ1) is 13.6. The van der Waals surface area contributed by atoms with Crippen LogP contribution >= 0.6 is 0 Å². The molecule has 0 radical (unpaired) electrons. The fourth-order valence-corrected chi connectivity index (χ4v) is 3.75. The highest BCUT2D eigenvalue weighted by Crippen LogP contribution is 2.26. The summed E-state index contributed by atoms with van der Waals surface area (Å²) in [4.78, 5) is 15.5. The standard InChI is InChI=1S/C23H33N3O2/c1-19(2)18-21(26-14-8-9-15-26)23(27)24-20-10-4-5-11-22(20)28-17-16-25-12-6-3-7-13-25/h4-5,8-11,14-15,19,21H,3,6-7,12-13,16-18H2,1-2H3,(H,24,27)/t21-/m0/s1. The van der Waals surface area contributed by atoms with Gasteiger partial charge in [-0.25, -0.2) is 0 Å². The van der Waals surface area contributed by atoms with Gasteiger partial charge in [-0.1, -0.05) is 32.4 Å². The van der Waals surface area contributed by atoms with Crippen LogP contribution in [0.4, 0.5) is 5.69 Å². The molecule has 3 rings (SSSR count). The van der Waals surface area contributed by atoms with E-state index < -0.39 is 0 Å². The Bertz CT molecular complexity index is 721. The number of anilines is 1. The van der Waals surface area contributed by atoms with Crippen molar-refractivity contribution >= 4 is 11.6 Å². The van der Waals surface area contributed by atoms with Gasteiger partial charge in [0.1, 0.15) is 18.4 Å². The van der Waals surface area contributed by atoms with Crippen molar-refractivity contribution in [3.63, 3.8) is 0 Å². The molecule has 1 atom stereocenters. The number of nitrogens with zero attached hydrogens (tertiary/aromatic N) is 2. The molecule has 0 unspecified atom stereocenters. The number of likely N-dealkylation sites (tertiary alicyclic amines) is 1. The van der Waals surface area contributed by atoms with Gasteiger partial charge in [0.2, 0.25) is 5.91 Å². The number of piperidine rings is 1. The lowest BCUT2D eigenvalue weighted by molar-refractivity contribution is -0.119. The molecule has 1 amide bonds. The second kappa shape index (κ2) is 10.3. The number of rotatable bonds is 9. The van der Waals surface area contributed by atoms with Crippen molar-refractivity contribution in [3.05, 3.63) is 48.8 Å². The average Bonchev–Trinajstić information content (AvgIpc) is 3.22.